The summed E-state index contributed by atoms with van der Waals surface area (Å²) in [5.74, 6) is 2.20. The number of nitrogens with one attached hydrogen (secondary N) is 2. The molecular weight excluding hydrogens is 348 g/mol. The van der Waals surface area contributed by atoms with E-state index in [1.165, 1.54) is 19.3 Å². The van der Waals surface area contributed by atoms with Gasteiger partial charge in [0.25, 0.3) is 5.91 Å². The predicted molar refractivity (Wildman–Crippen MR) is 110 cm³/mol. The van der Waals surface area contributed by atoms with Crippen LogP contribution >= 0.6 is 0 Å². The van der Waals surface area contributed by atoms with E-state index in [1.807, 2.05) is 42.5 Å². The van der Waals surface area contributed by atoms with Gasteiger partial charge in [-0.1, -0.05) is 24.3 Å². The lowest BCUT2D eigenvalue weighted by Gasteiger charge is -2.55. The Morgan fingerprint density at radius 2 is 1.36 bits per heavy atom. The SMILES string of the molecule is O=C(Nc1ccccc1)c1cccc(NC(=O)C23CC4CC(CC(C4)C2)C3)c1. The van der Waals surface area contributed by atoms with Crippen LogP contribution in [0, 0.1) is 23.2 Å². The second-order valence-electron chi connectivity index (χ2n) is 9.05. The summed E-state index contributed by atoms with van der Waals surface area (Å²) < 4.78 is 0. The molecule has 0 aliphatic heterocycles. The summed E-state index contributed by atoms with van der Waals surface area (Å²) >= 11 is 0. The van der Waals surface area contributed by atoms with Crippen molar-refractivity contribution in [3.05, 3.63) is 60.2 Å². The molecule has 2 amide bonds. The van der Waals surface area contributed by atoms with Gasteiger partial charge < -0.3 is 10.6 Å². The first kappa shape index (κ1) is 17.5. The molecule has 0 saturated heterocycles. The summed E-state index contributed by atoms with van der Waals surface area (Å²) in [5, 5.41) is 6.03. The summed E-state index contributed by atoms with van der Waals surface area (Å²) in [5.41, 5.74) is 1.83. The summed E-state index contributed by atoms with van der Waals surface area (Å²) in [4.78, 5) is 25.8. The number of carbonyl (C=O) groups is 2. The van der Waals surface area contributed by atoms with E-state index in [-0.39, 0.29) is 17.2 Å². The molecule has 0 aromatic heterocycles. The van der Waals surface area contributed by atoms with Crippen LogP contribution in [0.3, 0.4) is 0 Å². The van der Waals surface area contributed by atoms with E-state index >= 15 is 0 Å². The van der Waals surface area contributed by atoms with Gasteiger partial charge in [-0.05, 0) is 86.6 Å². The highest BCUT2D eigenvalue weighted by atomic mass is 16.2. The molecule has 4 aliphatic rings. The van der Waals surface area contributed by atoms with Crippen LogP contribution in [0.15, 0.2) is 54.6 Å². The van der Waals surface area contributed by atoms with Crippen molar-refractivity contribution in [1.29, 1.82) is 0 Å². The quantitative estimate of drug-likeness (QED) is 0.783. The molecule has 0 atom stereocenters. The first-order valence-electron chi connectivity index (χ1n) is 10.4. The van der Waals surface area contributed by atoms with Crippen LogP contribution in [0.25, 0.3) is 0 Å². The molecule has 2 aromatic rings. The molecule has 0 heterocycles. The molecule has 4 bridgehead atoms. The van der Waals surface area contributed by atoms with Crippen molar-refractivity contribution in [3.63, 3.8) is 0 Å². The minimum atomic E-state index is -0.183. The van der Waals surface area contributed by atoms with Crippen molar-refractivity contribution < 1.29 is 9.59 Å². The van der Waals surface area contributed by atoms with Gasteiger partial charge >= 0.3 is 0 Å². The minimum absolute atomic E-state index is 0.159. The van der Waals surface area contributed by atoms with Crippen LogP contribution in [0.1, 0.15) is 48.9 Å². The van der Waals surface area contributed by atoms with Crippen molar-refractivity contribution in [1.82, 2.24) is 0 Å². The van der Waals surface area contributed by atoms with E-state index in [9.17, 15) is 9.59 Å². The number of hydrogen-bond acceptors (Lipinski definition) is 2. The van der Waals surface area contributed by atoms with Crippen LogP contribution in [-0.4, -0.2) is 11.8 Å². The van der Waals surface area contributed by atoms with Gasteiger partial charge in [-0.15, -0.1) is 0 Å². The monoisotopic (exact) mass is 374 g/mol. The Morgan fingerprint density at radius 3 is 2.00 bits per heavy atom. The molecule has 4 fully saturated rings. The number of rotatable bonds is 4. The molecule has 2 aromatic carbocycles. The van der Waals surface area contributed by atoms with Crippen LogP contribution in [0.5, 0.6) is 0 Å². The fourth-order valence-corrected chi connectivity index (χ4v) is 6.12. The molecule has 6 rings (SSSR count). The highest BCUT2D eigenvalue weighted by Gasteiger charge is 2.54. The predicted octanol–water partition coefficient (Wildman–Crippen LogP) is 5.09. The maximum Gasteiger partial charge on any atom is 0.255 e. The Kier molecular flexibility index (Phi) is 4.22. The van der Waals surface area contributed by atoms with E-state index in [2.05, 4.69) is 10.6 Å². The minimum Gasteiger partial charge on any atom is -0.326 e. The van der Waals surface area contributed by atoms with Crippen LogP contribution < -0.4 is 10.6 Å². The van der Waals surface area contributed by atoms with Crippen molar-refractivity contribution in [2.24, 2.45) is 23.2 Å². The zero-order chi connectivity index (χ0) is 19.1. The normalized spacial score (nSPS) is 30.1. The molecule has 2 N–H and O–H groups in total. The van der Waals surface area contributed by atoms with E-state index in [4.69, 9.17) is 0 Å². The first-order valence-corrected chi connectivity index (χ1v) is 10.4. The van der Waals surface area contributed by atoms with Gasteiger partial charge in [0.15, 0.2) is 0 Å². The maximum atomic E-state index is 13.2. The van der Waals surface area contributed by atoms with Gasteiger partial charge in [0.1, 0.15) is 0 Å². The molecule has 4 aliphatic carbocycles. The molecule has 0 spiro atoms. The summed E-state index contributed by atoms with van der Waals surface area (Å²) in [7, 11) is 0. The Labute approximate surface area is 165 Å². The second-order valence-corrected chi connectivity index (χ2v) is 9.05. The lowest BCUT2D eigenvalue weighted by Crippen LogP contribution is -2.51. The standard InChI is InChI=1S/C24H26N2O2/c27-22(25-20-6-2-1-3-7-20)19-5-4-8-21(12-19)26-23(28)24-13-16-9-17(14-24)11-18(10-16)15-24/h1-8,12,16-18H,9-11,13-15H2,(H,25,27)(H,26,28). The highest BCUT2D eigenvalue weighted by Crippen LogP contribution is 2.60. The zero-order valence-corrected chi connectivity index (χ0v) is 16.0. The number of benzene rings is 2. The van der Waals surface area contributed by atoms with Gasteiger partial charge in [0, 0.05) is 16.9 Å². The van der Waals surface area contributed by atoms with E-state index < -0.39 is 0 Å². The van der Waals surface area contributed by atoms with Gasteiger partial charge in [-0.3, -0.25) is 9.59 Å². The second kappa shape index (κ2) is 6.77. The molecule has 4 saturated carbocycles. The van der Waals surface area contributed by atoms with Crippen LogP contribution in [0.4, 0.5) is 11.4 Å². The smallest absolute Gasteiger partial charge is 0.255 e. The maximum absolute atomic E-state index is 13.2. The Bertz CT molecular complexity index is 871. The van der Waals surface area contributed by atoms with Crippen molar-refractivity contribution in [3.8, 4) is 0 Å². The average molecular weight is 374 g/mol. The average Bonchev–Trinajstić information content (AvgIpc) is 2.68. The molecule has 144 valence electrons. The molecule has 0 radical (unpaired) electrons. The summed E-state index contributed by atoms with van der Waals surface area (Å²) in [6.07, 6.45) is 7.09. The van der Waals surface area contributed by atoms with Crippen molar-refractivity contribution >= 4 is 23.2 Å². The third kappa shape index (κ3) is 3.21. The molecular formula is C24H26N2O2. The van der Waals surface area contributed by atoms with Gasteiger partial charge in [-0.2, -0.15) is 0 Å². The first-order chi connectivity index (χ1) is 13.6. The lowest BCUT2D eigenvalue weighted by atomic mass is 9.49. The number of para-hydroxylation sites is 1. The number of hydrogen-bond donors (Lipinski definition) is 2. The Hall–Kier alpha value is -2.62. The van der Waals surface area contributed by atoms with Gasteiger partial charge in [0.2, 0.25) is 5.91 Å². The van der Waals surface area contributed by atoms with E-state index in [0.29, 0.717) is 11.3 Å². The Morgan fingerprint density at radius 1 is 0.750 bits per heavy atom. The summed E-state index contributed by atoms with van der Waals surface area (Å²) in [6.45, 7) is 0. The molecule has 0 unspecified atom stereocenters. The number of carbonyl (C=O) groups excluding carboxylic acids is 2. The highest BCUT2D eigenvalue weighted by molar-refractivity contribution is 6.05. The molecule has 28 heavy (non-hydrogen) atoms. The molecule has 4 nitrogen and oxygen atoms in total. The lowest BCUT2D eigenvalue weighted by molar-refractivity contribution is -0.140. The number of amides is 2. The topological polar surface area (TPSA) is 58.2 Å². The van der Waals surface area contributed by atoms with E-state index in [1.54, 1.807) is 12.1 Å². The van der Waals surface area contributed by atoms with Gasteiger partial charge in [-0.25, -0.2) is 0 Å². The molecule has 4 heteroatoms. The summed E-state index contributed by atoms with van der Waals surface area (Å²) in [6, 6.07) is 16.7. The van der Waals surface area contributed by atoms with Crippen LogP contribution in [0.2, 0.25) is 0 Å². The third-order valence-electron chi connectivity index (χ3n) is 6.93. The van der Waals surface area contributed by atoms with Crippen LogP contribution in [-0.2, 0) is 4.79 Å². The number of anilines is 2. The Balaban J connectivity index is 1.30. The van der Waals surface area contributed by atoms with Crippen molar-refractivity contribution in [2.75, 3.05) is 10.6 Å². The van der Waals surface area contributed by atoms with Crippen molar-refractivity contribution in [2.45, 2.75) is 38.5 Å². The third-order valence-corrected chi connectivity index (χ3v) is 6.93. The fourth-order valence-electron chi connectivity index (χ4n) is 6.12. The zero-order valence-electron chi connectivity index (χ0n) is 16.0. The van der Waals surface area contributed by atoms with E-state index in [0.717, 1.165) is 42.7 Å². The fraction of sp³-hybridized carbons (Fsp3) is 0.417. The largest absolute Gasteiger partial charge is 0.326 e. The van der Waals surface area contributed by atoms with Gasteiger partial charge in [0.05, 0.1) is 5.41 Å².